The minimum Gasteiger partial charge on any atom is -0.369 e. The monoisotopic (exact) mass is 289 g/mol. The van der Waals surface area contributed by atoms with Crippen LogP contribution in [0.25, 0.3) is 0 Å². The predicted octanol–water partition coefficient (Wildman–Crippen LogP) is 2.30. The molecule has 5 nitrogen and oxygen atoms in total. The maximum atomic E-state index is 12.6. The topological polar surface area (TPSA) is 58.2 Å². The number of hydrogen-bond donors (Lipinski definition) is 1. The van der Waals surface area contributed by atoms with Crippen LogP contribution in [0.4, 0.5) is 0 Å². The number of fused-ring (bicyclic) bond motifs is 1. The molecule has 1 saturated heterocycles. The van der Waals surface area contributed by atoms with Crippen molar-refractivity contribution in [3.8, 4) is 0 Å². The number of rotatable bonds is 3. The van der Waals surface area contributed by atoms with Gasteiger partial charge in [0.2, 0.25) is 0 Å². The van der Waals surface area contributed by atoms with Gasteiger partial charge in [0, 0.05) is 25.1 Å². The van der Waals surface area contributed by atoms with Gasteiger partial charge in [0.05, 0.1) is 17.9 Å². The van der Waals surface area contributed by atoms with Crippen LogP contribution in [0.2, 0.25) is 0 Å². The van der Waals surface area contributed by atoms with Gasteiger partial charge in [-0.25, -0.2) is 0 Å². The molecule has 0 radical (unpaired) electrons. The Balaban J connectivity index is 1.46. The molecule has 4 rings (SSSR count). The minimum absolute atomic E-state index is 0.00296. The van der Waals surface area contributed by atoms with E-state index in [-0.39, 0.29) is 18.1 Å². The Hall–Kier alpha value is -1.36. The number of H-pyrrole nitrogens is 1. The molecule has 1 aromatic rings. The lowest BCUT2D eigenvalue weighted by molar-refractivity contribution is -0.00710. The summed E-state index contributed by atoms with van der Waals surface area (Å²) in [4.78, 5) is 14.6. The average Bonchev–Trinajstić information content (AvgIpc) is 3.10. The molecule has 114 valence electrons. The Morgan fingerprint density at radius 2 is 2.10 bits per heavy atom. The predicted molar refractivity (Wildman–Crippen MR) is 78.0 cm³/mol. The summed E-state index contributed by atoms with van der Waals surface area (Å²) >= 11 is 0. The molecular formula is C16H23N3O2. The molecule has 0 spiro atoms. The van der Waals surface area contributed by atoms with Gasteiger partial charge in [-0.2, -0.15) is 5.10 Å². The fraction of sp³-hybridized carbons (Fsp3) is 0.750. The summed E-state index contributed by atoms with van der Waals surface area (Å²) in [5.41, 5.74) is 2.67. The molecule has 3 aliphatic rings. The Kier molecular flexibility index (Phi) is 3.06. The number of amides is 1. The number of carbonyl (C=O) groups is 1. The number of carbonyl (C=O) groups excluding carboxylic acids is 1. The second-order valence-corrected chi connectivity index (χ2v) is 7.01. The number of likely N-dealkylation sites (tertiary alicyclic amines) is 1. The van der Waals surface area contributed by atoms with E-state index in [1.807, 2.05) is 11.8 Å². The summed E-state index contributed by atoms with van der Waals surface area (Å²) in [5.74, 6) is 1.77. The number of nitrogens with one attached hydrogen (secondary N) is 1. The summed E-state index contributed by atoms with van der Waals surface area (Å²) in [5, 5.41) is 7.30. The SMILES string of the molecule is C[C@@H]1Cc2c(C(=O)N3CC(CC4CC4)C3)n[nH]c2[C@H](C)O1. The van der Waals surface area contributed by atoms with Gasteiger partial charge in [-0.05, 0) is 32.1 Å². The first kappa shape index (κ1) is 13.3. The van der Waals surface area contributed by atoms with Gasteiger partial charge in [0.1, 0.15) is 0 Å². The summed E-state index contributed by atoms with van der Waals surface area (Å²) in [7, 11) is 0. The second-order valence-electron chi connectivity index (χ2n) is 7.01. The molecule has 0 bridgehead atoms. The average molecular weight is 289 g/mol. The molecule has 21 heavy (non-hydrogen) atoms. The van der Waals surface area contributed by atoms with Gasteiger partial charge in [-0.1, -0.05) is 12.8 Å². The van der Waals surface area contributed by atoms with Crippen molar-refractivity contribution in [3.63, 3.8) is 0 Å². The maximum absolute atomic E-state index is 12.6. The fourth-order valence-corrected chi connectivity index (χ4v) is 3.71. The van der Waals surface area contributed by atoms with Gasteiger partial charge >= 0.3 is 0 Å². The van der Waals surface area contributed by atoms with Crippen LogP contribution < -0.4 is 0 Å². The lowest BCUT2D eigenvalue weighted by Crippen LogP contribution is -2.50. The van der Waals surface area contributed by atoms with Crippen LogP contribution in [0.5, 0.6) is 0 Å². The van der Waals surface area contributed by atoms with Crippen LogP contribution in [0.15, 0.2) is 0 Å². The smallest absolute Gasteiger partial charge is 0.274 e. The third-order valence-corrected chi connectivity index (χ3v) is 5.04. The van der Waals surface area contributed by atoms with Crippen molar-refractivity contribution in [2.75, 3.05) is 13.1 Å². The van der Waals surface area contributed by atoms with E-state index < -0.39 is 0 Å². The van der Waals surface area contributed by atoms with Crippen LogP contribution in [-0.2, 0) is 11.2 Å². The summed E-state index contributed by atoms with van der Waals surface area (Å²) < 4.78 is 5.78. The number of nitrogens with zero attached hydrogens (tertiary/aromatic N) is 2. The maximum Gasteiger partial charge on any atom is 0.274 e. The summed E-state index contributed by atoms with van der Waals surface area (Å²) in [6, 6.07) is 0. The molecule has 2 fully saturated rings. The molecule has 2 atom stereocenters. The van der Waals surface area contributed by atoms with Crippen LogP contribution in [-0.4, -0.2) is 40.2 Å². The van der Waals surface area contributed by atoms with E-state index >= 15 is 0 Å². The van der Waals surface area contributed by atoms with Crippen molar-refractivity contribution in [1.82, 2.24) is 15.1 Å². The van der Waals surface area contributed by atoms with Gasteiger partial charge in [0.15, 0.2) is 5.69 Å². The zero-order valence-corrected chi connectivity index (χ0v) is 12.8. The quantitative estimate of drug-likeness (QED) is 0.929. The third kappa shape index (κ3) is 2.37. The van der Waals surface area contributed by atoms with Crippen molar-refractivity contribution in [2.45, 2.75) is 51.7 Å². The van der Waals surface area contributed by atoms with E-state index in [0.29, 0.717) is 5.69 Å². The van der Waals surface area contributed by atoms with Gasteiger partial charge in [-0.3, -0.25) is 9.89 Å². The summed E-state index contributed by atoms with van der Waals surface area (Å²) in [6.45, 7) is 5.89. The van der Waals surface area contributed by atoms with Crippen molar-refractivity contribution in [1.29, 1.82) is 0 Å². The van der Waals surface area contributed by atoms with E-state index in [2.05, 4.69) is 17.1 Å². The molecule has 1 aromatic heterocycles. The Morgan fingerprint density at radius 3 is 2.81 bits per heavy atom. The molecule has 1 aliphatic carbocycles. The van der Waals surface area contributed by atoms with Gasteiger partial charge in [-0.15, -0.1) is 0 Å². The standard InChI is InChI=1S/C16H23N3O2/c1-9-5-13-14(10(2)21-9)17-18-15(13)16(20)19-7-12(8-19)6-11-3-4-11/h9-12H,3-8H2,1-2H3,(H,17,18)/t9-,10+/m1/s1. The molecule has 0 unspecified atom stereocenters. The normalized spacial score (nSPS) is 29.1. The first-order valence-electron chi connectivity index (χ1n) is 8.13. The molecule has 1 saturated carbocycles. The van der Waals surface area contributed by atoms with Gasteiger partial charge in [0.25, 0.3) is 5.91 Å². The number of aromatic nitrogens is 2. The molecule has 2 aliphatic heterocycles. The molecule has 3 heterocycles. The third-order valence-electron chi connectivity index (χ3n) is 5.04. The fourth-order valence-electron chi connectivity index (χ4n) is 3.71. The molecule has 0 aromatic carbocycles. The lowest BCUT2D eigenvalue weighted by Gasteiger charge is -2.39. The Labute approximate surface area is 125 Å². The van der Waals surface area contributed by atoms with E-state index in [1.165, 1.54) is 19.3 Å². The van der Waals surface area contributed by atoms with Crippen LogP contribution in [0.1, 0.15) is 61.0 Å². The van der Waals surface area contributed by atoms with E-state index in [0.717, 1.165) is 42.6 Å². The number of aromatic amines is 1. The molecule has 5 heteroatoms. The van der Waals surface area contributed by atoms with Crippen LogP contribution in [0, 0.1) is 11.8 Å². The highest BCUT2D eigenvalue weighted by Gasteiger charge is 2.38. The highest BCUT2D eigenvalue weighted by Crippen LogP contribution is 2.38. The zero-order valence-electron chi connectivity index (χ0n) is 12.8. The Bertz CT molecular complexity index is 558. The largest absolute Gasteiger partial charge is 0.369 e. The van der Waals surface area contributed by atoms with Crippen molar-refractivity contribution in [2.24, 2.45) is 11.8 Å². The molecule has 1 amide bonds. The lowest BCUT2D eigenvalue weighted by atomic mass is 9.92. The first-order chi connectivity index (χ1) is 10.1. The number of hydrogen-bond acceptors (Lipinski definition) is 3. The number of ether oxygens (including phenoxy) is 1. The van der Waals surface area contributed by atoms with Crippen molar-refractivity contribution in [3.05, 3.63) is 17.0 Å². The first-order valence-corrected chi connectivity index (χ1v) is 8.13. The zero-order chi connectivity index (χ0) is 14.6. The van der Waals surface area contributed by atoms with E-state index in [4.69, 9.17) is 4.74 Å². The van der Waals surface area contributed by atoms with Crippen LogP contribution >= 0.6 is 0 Å². The minimum atomic E-state index is -0.00296. The summed E-state index contributed by atoms with van der Waals surface area (Å²) in [6.07, 6.45) is 5.02. The molecular weight excluding hydrogens is 266 g/mol. The Morgan fingerprint density at radius 1 is 1.33 bits per heavy atom. The van der Waals surface area contributed by atoms with Crippen LogP contribution in [0.3, 0.4) is 0 Å². The highest BCUT2D eigenvalue weighted by atomic mass is 16.5. The molecule has 1 N–H and O–H groups in total. The highest BCUT2D eigenvalue weighted by molar-refractivity contribution is 5.94. The van der Waals surface area contributed by atoms with Crippen molar-refractivity contribution < 1.29 is 9.53 Å². The van der Waals surface area contributed by atoms with Crippen molar-refractivity contribution >= 4 is 5.91 Å². The van der Waals surface area contributed by atoms with E-state index in [9.17, 15) is 4.79 Å². The second kappa shape index (κ2) is 4.83. The van der Waals surface area contributed by atoms with E-state index in [1.54, 1.807) is 0 Å². The van der Waals surface area contributed by atoms with Gasteiger partial charge < -0.3 is 9.64 Å².